The summed E-state index contributed by atoms with van der Waals surface area (Å²) in [4.78, 5) is 0. The van der Waals surface area contributed by atoms with E-state index in [0.717, 1.165) is 48.5 Å². The van der Waals surface area contributed by atoms with Crippen LogP contribution < -0.4 is 24.8 Å². The molecular formula is C51H42Cl2F6Zr-2. The third kappa shape index (κ3) is 12.1. The Hall–Kier alpha value is -4.42. The first-order chi connectivity index (χ1) is 27.5. The summed E-state index contributed by atoms with van der Waals surface area (Å²) in [5.74, 6) is 0.573. The normalized spacial score (nSPS) is 13.6. The number of hydrogen-bond acceptors (Lipinski definition) is 0. The maximum atomic E-state index is 12.7. The molecule has 0 amide bonds. The zero-order valence-corrected chi connectivity index (χ0v) is 37.4. The molecule has 7 aromatic rings. The molecule has 1 atom stereocenters. The fourth-order valence-electron chi connectivity index (χ4n) is 6.72. The standard InChI is InChI=1S/C25H17.C15H8F6.C11H17.2ClH.Zr/c1-3-7-18(8-4-1)20-11-13-24-22(15-20)17-23-16-21(12-14-25(23)24)19-9-5-2-6-10-19;16-14(17,18)12-5-1-3-10(8-12)7-11-4-2-6-13(9-11)15(19,20)21;1-5-9-6-7-10(8-9)11(2,3)4;;;/h1-17H;1-6,8-9H;7-9H,5H2,1-4H3;2*1H;/q-1;;-1;;;+2/p-2. The smallest absolute Gasteiger partial charge is 0.0259 e. The van der Waals surface area contributed by atoms with Gasteiger partial charge in [0.2, 0.25) is 0 Å². The van der Waals surface area contributed by atoms with Crippen LogP contribution in [0.1, 0.15) is 56.4 Å². The summed E-state index contributed by atoms with van der Waals surface area (Å²) in [5.41, 5.74) is 5.70. The molecule has 0 nitrogen and oxygen atoms in total. The topological polar surface area (TPSA) is 0 Å². The summed E-state index contributed by atoms with van der Waals surface area (Å²) in [5, 5.41) is 5.27. The summed E-state index contributed by atoms with van der Waals surface area (Å²) in [6.07, 6.45) is 0.0304. The molecule has 9 heteroatoms. The first kappa shape index (κ1) is 48.3. The predicted molar refractivity (Wildman–Crippen MR) is 223 cm³/mol. The Morgan fingerprint density at radius 3 is 1.35 bits per heavy atom. The summed E-state index contributed by atoms with van der Waals surface area (Å²) >= 11 is 0.729. The molecule has 0 radical (unpaired) electrons. The number of alkyl halides is 6. The van der Waals surface area contributed by atoms with Crippen LogP contribution in [0.25, 0.3) is 43.8 Å². The van der Waals surface area contributed by atoms with Gasteiger partial charge in [-0.3, -0.25) is 6.08 Å². The van der Waals surface area contributed by atoms with Crippen molar-refractivity contribution < 1.29 is 75.4 Å². The zero-order chi connectivity index (χ0) is 41.7. The molecule has 0 bridgehead atoms. The first-order valence-corrected chi connectivity index (χ1v) is 20.2. The van der Waals surface area contributed by atoms with Crippen LogP contribution in [0.4, 0.5) is 26.3 Å². The van der Waals surface area contributed by atoms with E-state index >= 15 is 0 Å². The molecule has 8 rings (SSSR count). The molecular weight excluding hydrogens is 889 g/mol. The van der Waals surface area contributed by atoms with E-state index < -0.39 is 23.5 Å². The van der Waals surface area contributed by atoms with E-state index in [1.165, 1.54) is 80.1 Å². The van der Waals surface area contributed by atoms with E-state index in [1.807, 2.05) is 0 Å². The minimum absolute atomic E-state index is 0. The molecule has 0 saturated carbocycles. The molecule has 0 aromatic heterocycles. The average Bonchev–Trinajstić information content (AvgIpc) is 3.86. The van der Waals surface area contributed by atoms with Crippen molar-refractivity contribution >= 4 is 24.8 Å². The van der Waals surface area contributed by atoms with Gasteiger partial charge >= 0.3 is 137 Å². The van der Waals surface area contributed by atoms with Gasteiger partial charge in [0.15, 0.2) is 0 Å². The Morgan fingerprint density at radius 1 is 0.567 bits per heavy atom. The van der Waals surface area contributed by atoms with Crippen LogP contribution in [0, 0.1) is 17.4 Å². The van der Waals surface area contributed by atoms with E-state index in [1.54, 1.807) is 0 Å². The third-order valence-corrected chi connectivity index (χ3v) is 11.4. The van der Waals surface area contributed by atoms with Crippen LogP contribution in [-0.4, -0.2) is 3.21 Å². The average molecular weight is 931 g/mol. The van der Waals surface area contributed by atoms with Crippen LogP contribution in [0.5, 0.6) is 0 Å². The Labute approximate surface area is 375 Å². The van der Waals surface area contributed by atoms with Gasteiger partial charge in [-0.05, 0) is 11.1 Å². The number of rotatable bonds is 5. The van der Waals surface area contributed by atoms with Crippen LogP contribution in [0.15, 0.2) is 169 Å². The zero-order valence-electron chi connectivity index (χ0n) is 33.4. The second kappa shape index (κ2) is 20.4. The van der Waals surface area contributed by atoms with Gasteiger partial charge < -0.3 is 24.8 Å². The van der Waals surface area contributed by atoms with E-state index in [9.17, 15) is 26.3 Å². The van der Waals surface area contributed by atoms with Crippen molar-refractivity contribution in [2.24, 2.45) is 11.3 Å². The SMILES string of the molecule is CCC1[C-]=CC(C(C)(C)C)=C1.FC(F)(F)c1cccc([C](=[Zr+2])c2cccc(C(F)(F)F)c2)c1.[Cl-].[Cl-].c1ccc(-c2ccc3c(c2)[cH-]c2cc(-c4ccccc4)ccc23)cc1. The Bertz CT molecular complexity index is 2420. The Balaban J connectivity index is 0.000000209. The van der Waals surface area contributed by atoms with E-state index in [0.29, 0.717) is 14.5 Å². The minimum Gasteiger partial charge on any atom is -1.00 e. The number of halogens is 8. The molecule has 1 unspecified atom stereocenters. The van der Waals surface area contributed by atoms with Crippen molar-refractivity contribution in [1.82, 2.24) is 0 Å². The monoisotopic (exact) mass is 928 g/mol. The fourth-order valence-corrected chi connectivity index (χ4v) is 7.49. The Kier molecular flexibility index (Phi) is 16.4. The van der Waals surface area contributed by atoms with Gasteiger partial charge in [0.1, 0.15) is 0 Å². The molecule has 1 aliphatic carbocycles. The van der Waals surface area contributed by atoms with Crippen molar-refractivity contribution in [2.75, 3.05) is 0 Å². The maximum absolute atomic E-state index is 12.7. The van der Waals surface area contributed by atoms with E-state index in [4.69, 9.17) is 0 Å². The summed E-state index contributed by atoms with van der Waals surface area (Å²) in [6.45, 7) is 8.94. The van der Waals surface area contributed by atoms with Crippen LogP contribution in [0.3, 0.4) is 0 Å². The molecule has 0 saturated heterocycles. The molecule has 0 aliphatic heterocycles. The number of allylic oxidation sites excluding steroid dienone is 4. The third-order valence-electron chi connectivity index (χ3n) is 10.0. The molecule has 308 valence electrons. The van der Waals surface area contributed by atoms with Crippen LogP contribution in [0.2, 0.25) is 0 Å². The molecule has 0 spiro atoms. The number of hydrogen-bond donors (Lipinski definition) is 0. The van der Waals surface area contributed by atoms with Gasteiger partial charge in [-0.15, -0.1) is 39.7 Å². The molecule has 0 heterocycles. The number of fused-ring (bicyclic) bond motifs is 3. The number of benzene rings is 6. The summed E-state index contributed by atoms with van der Waals surface area (Å²) < 4.78 is 76.7. The second-order valence-electron chi connectivity index (χ2n) is 15.2. The van der Waals surface area contributed by atoms with Gasteiger partial charge in [0.25, 0.3) is 0 Å². The van der Waals surface area contributed by atoms with E-state index in [2.05, 4.69) is 149 Å². The second-order valence-corrected chi connectivity index (χ2v) is 16.4. The summed E-state index contributed by atoms with van der Waals surface area (Å²) in [7, 11) is 0. The molecule has 0 fully saturated rings. The van der Waals surface area contributed by atoms with Gasteiger partial charge in [0.05, 0.1) is 0 Å². The van der Waals surface area contributed by atoms with E-state index in [-0.39, 0.29) is 35.9 Å². The predicted octanol–water partition coefficient (Wildman–Crippen LogP) is 9.25. The largest absolute Gasteiger partial charge is 1.00 e. The van der Waals surface area contributed by atoms with Crippen LogP contribution >= 0.6 is 0 Å². The van der Waals surface area contributed by atoms with Gasteiger partial charge in [-0.1, -0.05) is 142 Å². The minimum atomic E-state index is -4.49. The molecule has 60 heavy (non-hydrogen) atoms. The molecule has 7 aromatic carbocycles. The van der Waals surface area contributed by atoms with Crippen molar-refractivity contribution in [3.05, 3.63) is 198 Å². The van der Waals surface area contributed by atoms with Gasteiger partial charge in [0, 0.05) is 0 Å². The van der Waals surface area contributed by atoms with Crippen LogP contribution in [-0.2, 0) is 36.6 Å². The maximum Gasteiger partial charge on any atom is -0.0259 e. The van der Waals surface area contributed by atoms with Gasteiger partial charge in [-0.25, -0.2) is 6.08 Å². The van der Waals surface area contributed by atoms with Crippen molar-refractivity contribution in [2.45, 2.75) is 46.5 Å². The quantitative estimate of drug-likeness (QED) is 0.119. The van der Waals surface area contributed by atoms with Crippen molar-refractivity contribution in [3.63, 3.8) is 0 Å². The Morgan fingerprint density at radius 2 is 1.00 bits per heavy atom. The summed E-state index contributed by atoms with van der Waals surface area (Å²) in [6, 6.07) is 46.2. The van der Waals surface area contributed by atoms with Crippen molar-refractivity contribution in [1.29, 1.82) is 0 Å². The van der Waals surface area contributed by atoms with Gasteiger partial charge in [-0.2, -0.15) is 11.6 Å². The fraction of sp³-hybridized carbons (Fsp3) is 0.176. The first-order valence-electron chi connectivity index (χ1n) is 19.0. The molecule has 0 N–H and O–H groups in total. The van der Waals surface area contributed by atoms with Crippen molar-refractivity contribution in [3.8, 4) is 22.3 Å². The molecule has 1 aliphatic rings.